The molecule has 0 aromatic carbocycles. The molecule has 1 aliphatic heterocycles. The minimum Gasteiger partial charge on any atom is -0.374 e. The Morgan fingerprint density at radius 3 is 3.17 bits per heavy atom. The lowest BCUT2D eigenvalue weighted by Crippen LogP contribution is -2.43. The van der Waals surface area contributed by atoms with Crippen LogP contribution in [0.25, 0.3) is 10.6 Å². The van der Waals surface area contributed by atoms with Gasteiger partial charge in [0.25, 0.3) is 0 Å². The quantitative estimate of drug-likeness (QED) is 0.709. The Balaban J connectivity index is 1.37. The van der Waals surface area contributed by atoms with Gasteiger partial charge in [0, 0.05) is 36.0 Å². The van der Waals surface area contributed by atoms with Crippen LogP contribution in [0.4, 0.5) is 0 Å². The number of aromatic nitrogens is 4. The van der Waals surface area contributed by atoms with E-state index < -0.39 is 0 Å². The van der Waals surface area contributed by atoms with Crippen LogP contribution in [0.3, 0.4) is 0 Å². The smallest absolute Gasteiger partial charge is 0.137 e. The van der Waals surface area contributed by atoms with E-state index in [0.717, 1.165) is 43.5 Å². The fourth-order valence-electron chi connectivity index (χ4n) is 2.70. The van der Waals surface area contributed by atoms with Crippen molar-refractivity contribution in [1.29, 1.82) is 0 Å². The number of hydrogen-bond acceptors (Lipinski definition) is 7. The van der Waals surface area contributed by atoms with Gasteiger partial charge in [-0.1, -0.05) is 0 Å². The predicted octanol–water partition coefficient (Wildman–Crippen LogP) is 2.36. The van der Waals surface area contributed by atoms with Gasteiger partial charge in [-0.2, -0.15) is 16.4 Å². The van der Waals surface area contributed by atoms with Gasteiger partial charge in [0.2, 0.25) is 0 Å². The highest BCUT2D eigenvalue weighted by Crippen LogP contribution is 2.26. The molecule has 1 atom stereocenters. The summed E-state index contributed by atoms with van der Waals surface area (Å²) in [5.74, 6) is 0. The monoisotopic (exact) mass is 347 g/mol. The molecule has 0 spiro atoms. The summed E-state index contributed by atoms with van der Waals surface area (Å²) >= 11 is 3.42. The summed E-state index contributed by atoms with van der Waals surface area (Å²) in [7, 11) is 0. The maximum atomic E-state index is 5.84. The molecule has 1 saturated heterocycles. The van der Waals surface area contributed by atoms with Gasteiger partial charge >= 0.3 is 0 Å². The van der Waals surface area contributed by atoms with Crippen LogP contribution < -0.4 is 0 Å². The van der Waals surface area contributed by atoms with Crippen molar-refractivity contribution in [3.8, 4) is 10.6 Å². The zero-order chi connectivity index (χ0) is 15.5. The lowest BCUT2D eigenvalue weighted by molar-refractivity contribution is -0.0405. The fourth-order valence-corrected chi connectivity index (χ4v) is 4.22. The SMILES string of the molecule is c1ncn(C[C@@H]2CN(Cc3csc(-c4ccsc4)n3)CCO2)n1. The van der Waals surface area contributed by atoms with Crippen molar-refractivity contribution in [1.82, 2.24) is 24.6 Å². The van der Waals surface area contributed by atoms with Gasteiger partial charge in [0.1, 0.15) is 17.7 Å². The van der Waals surface area contributed by atoms with Gasteiger partial charge in [0.15, 0.2) is 0 Å². The molecule has 1 aliphatic rings. The van der Waals surface area contributed by atoms with Crippen molar-refractivity contribution in [2.45, 2.75) is 19.2 Å². The summed E-state index contributed by atoms with van der Waals surface area (Å²) in [6.45, 7) is 4.21. The summed E-state index contributed by atoms with van der Waals surface area (Å²) in [4.78, 5) is 11.1. The minimum absolute atomic E-state index is 0.153. The van der Waals surface area contributed by atoms with Crippen LogP contribution in [0, 0.1) is 0 Å². The van der Waals surface area contributed by atoms with E-state index in [0.29, 0.717) is 0 Å². The highest BCUT2D eigenvalue weighted by molar-refractivity contribution is 7.14. The molecule has 1 fully saturated rings. The highest BCUT2D eigenvalue weighted by atomic mass is 32.1. The van der Waals surface area contributed by atoms with E-state index in [2.05, 4.69) is 37.2 Å². The van der Waals surface area contributed by atoms with Gasteiger partial charge < -0.3 is 4.74 Å². The number of nitrogens with zero attached hydrogens (tertiary/aromatic N) is 5. The van der Waals surface area contributed by atoms with Crippen LogP contribution >= 0.6 is 22.7 Å². The van der Waals surface area contributed by atoms with E-state index in [9.17, 15) is 0 Å². The average Bonchev–Trinajstić information content (AvgIpc) is 3.30. The molecule has 4 heterocycles. The van der Waals surface area contributed by atoms with E-state index in [4.69, 9.17) is 9.72 Å². The molecule has 0 bridgehead atoms. The highest BCUT2D eigenvalue weighted by Gasteiger charge is 2.22. The average molecular weight is 347 g/mol. The third-order valence-corrected chi connectivity index (χ3v) is 5.41. The minimum atomic E-state index is 0.153. The van der Waals surface area contributed by atoms with Crippen LogP contribution in [-0.2, 0) is 17.8 Å². The van der Waals surface area contributed by atoms with Gasteiger partial charge in [-0.3, -0.25) is 9.58 Å². The lowest BCUT2D eigenvalue weighted by atomic mass is 10.2. The number of thiazole rings is 1. The van der Waals surface area contributed by atoms with Crippen molar-refractivity contribution in [2.75, 3.05) is 19.7 Å². The number of rotatable bonds is 5. The van der Waals surface area contributed by atoms with Crippen molar-refractivity contribution < 1.29 is 4.74 Å². The summed E-state index contributed by atoms with van der Waals surface area (Å²) in [5, 5.41) is 11.7. The molecule has 6 nitrogen and oxygen atoms in total. The van der Waals surface area contributed by atoms with Crippen molar-refractivity contribution in [2.24, 2.45) is 0 Å². The standard InChI is InChI=1S/C15H17N5OS2/c1-4-22-8-12(1)15-18-13(9-23-15)5-19-2-3-21-14(6-19)7-20-11-16-10-17-20/h1,4,8-11,14H,2-3,5-7H2/t14-/m0/s1. The van der Waals surface area contributed by atoms with Crippen molar-refractivity contribution >= 4 is 22.7 Å². The van der Waals surface area contributed by atoms with Crippen LogP contribution in [0.15, 0.2) is 34.9 Å². The molecule has 0 aliphatic carbocycles. The molecular formula is C15H17N5OS2. The first kappa shape index (κ1) is 14.9. The molecule has 23 heavy (non-hydrogen) atoms. The topological polar surface area (TPSA) is 56.1 Å². The zero-order valence-corrected chi connectivity index (χ0v) is 14.2. The molecule has 3 aromatic rings. The Hall–Kier alpha value is -1.61. The molecule has 0 saturated carbocycles. The molecule has 0 N–H and O–H groups in total. The second-order valence-corrected chi connectivity index (χ2v) is 7.14. The molecule has 0 radical (unpaired) electrons. The summed E-state index contributed by atoms with van der Waals surface area (Å²) in [6, 6.07) is 2.12. The Morgan fingerprint density at radius 1 is 1.35 bits per heavy atom. The normalized spacial score (nSPS) is 19.2. The molecular weight excluding hydrogens is 330 g/mol. The molecule has 4 rings (SSSR count). The van der Waals surface area contributed by atoms with Gasteiger partial charge in [0.05, 0.1) is 24.9 Å². The summed E-state index contributed by atoms with van der Waals surface area (Å²) in [6.07, 6.45) is 3.44. The number of morpholine rings is 1. The first-order valence-electron chi connectivity index (χ1n) is 7.50. The van der Waals surface area contributed by atoms with Crippen LogP contribution in [0.5, 0.6) is 0 Å². The zero-order valence-electron chi connectivity index (χ0n) is 12.5. The molecule has 3 aromatic heterocycles. The third kappa shape index (κ3) is 3.66. The van der Waals surface area contributed by atoms with Crippen LogP contribution in [0.2, 0.25) is 0 Å². The van der Waals surface area contributed by atoms with Gasteiger partial charge in [-0.25, -0.2) is 9.97 Å². The molecule has 0 amide bonds. The van der Waals surface area contributed by atoms with E-state index in [-0.39, 0.29) is 6.10 Å². The Kier molecular flexibility index (Phi) is 4.47. The number of thiophene rings is 1. The second kappa shape index (κ2) is 6.88. The van der Waals surface area contributed by atoms with Crippen molar-refractivity contribution in [3.05, 3.63) is 40.6 Å². The van der Waals surface area contributed by atoms with Gasteiger partial charge in [-0.15, -0.1) is 11.3 Å². The third-order valence-electron chi connectivity index (χ3n) is 3.79. The Labute approximate surface area is 142 Å². The molecule has 120 valence electrons. The lowest BCUT2D eigenvalue weighted by Gasteiger charge is -2.32. The van der Waals surface area contributed by atoms with E-state index in [1.54, 1.807) is 35.3 Å². The van der Waals surface area contributed by atoms with E-state index in [1.165, 1.54) is 5.56 Å². The maximum absolute atomic E-state index is 5.84. The maximum Gasteiger partial charge on any atom is 0.137 e. The second-order valence-electron chi connectivity index (χ2n) is 5.50. The van der Waals surface area contributed by atoms with E-state index in [1.807, 2.05) is 4.68 Å². The first-order chi connectivity index (χ1) is 11.4. The predicted molar refractivity (Wildman–Crippen MR) is 90.5 cm³/mol. The summed E-state index contributed by atoms with van der Waals surface area (Å²) in [5.41, 5.74) is 2.36. The Bertz CT molecular complexity index is 725. The van der Waals surface area contributed by atoms with Crippen LogP contribution in [-0.4, -0.2) is 50.4 Å². The first-order valence-corrected chi connectivity index (χ1v) is 9.32. The molecule has 8 heteroatoms. The summed E-state index contributed by atoms with van der Waals surface area (Å²) < 4.78 is 7.66. The Morgan fingerprint density at radius 2 is 2.35 bits per heavy atom. The largest absolute Gasteiger partial charge is 0.374 e. The van der Waals surface area contributed by atoms with Crippen molar-refractivity contribution in [3.63, 3.8) is 0 Å². The molecule has 0 unspecified atom stereocenters. The van der Waals surface area contributed by atoms with Crippen LogP contribution in [0.1, 0.15) is 5.69 Å². The van der Waals surface area contributed by atoms with Gasteiger partial charge in [-0.05, 0) is 11.4 Å². The fraction of sp³-hybridized carbons (Fsp3) is 0.400. The number of ether oxygens (including phenoxy) is 1. The van der Waals surface area contributed by atoms with E-state index >= 15 is 0 Å². The number of hydrogen-bond donors (Lipinski definition) is 0.